The number of hydrogen-bond donors (Lipinski definition) is 3. The number of rotatable bonds is 15. The molecule has 14 nitrogen and oxygen atoms in total. The molecule has 1 aromatic heterocycles. The van der Waals surface area contributed by atoms with E-state index in [2.05, 4.69) is 15.4 Å². The second-order valence-electron chi connectivity index (χ2n) is 12.7. The molecule has 16 heteroatoms. The fraction of sp³-hybridized carbons (Fsp3) is 0.289. The Morgan fingerprint density at radius 2 is 1.74 bits per heavy atom. The summed E-state index contributed by atoms with van der Waals surface area (Å²) in [6.07, 6.45) is 3.21. The van der Waals surface area contributed by atoms with Crippen LogP contribution >= 0.6 is 0 Å². The smallest absolute Gasteiger partial charge is 0.379 e. The molecule has 0 radical (unpaired) electrons. The van der Waals surface area contributed by atoms with Crippen molar-refractivity contribution in [2.45, 2.75) is 32.2 Å². The average Bonchev–Trinajstić information content (AvgIpc) is 3.92. The molecule has 0 unspecified atom stereocenters. The molecule has 284 valence electrons. The van der Waals surface area contributed by atoms with Crippen LogP contribution in [0.25, 0.3) is 28.1 Å². The maximum Gasteiger partial charge on any atom is 0.379 e. The van der Waals surface area contributed by atoms with E-state index in [0.717, 1.165) is 34.4 Å². The number of esters is 1. The van der Waals surface area contributed by atoms with Crippen LogP contribution in [-0.4, -0.2) is 87.9 Å². The van der Waals surface area contributed by atoms with E-state index in [1.807, 2.05) is 0 Å². The summed E-state index contributed by atoms with van der Waals surface area (Å²) in [6, 6.07) is 14.8. The third kappa shape index (κ3) is 9.12. The zero-order valence-corrected chi connectivity index (χ0v) is 30.8. The number of hydrogen-bond acceptors (Lipinski definition) is 10. The monoisotopic (exact) mass is 762 g/mol. The van der Waals surface area contributed by atoms with E-state index >= 15 is 0 Å². The van der Waals surface area contributed by atoms with Crippen LogP contribution in [0.5, 0.6) is 0 Å². The largest absolute Gasteiger partial charge is 0.507 e. The van der Waals surface area contributed by atoms with Crippen LogP contribution < -0.4 is 14.9 Å². The van der Waals surface area contributed by atoms with Crippen LogP contribution in [0.2, 0.25) is 0 Å². The first-order valence-electron chi connectivity index (χ1n) is 16.9. The maximum absolute atomic E-state index is 13.7. The van der Waals surface area contributed by atoms with Gasteiger partial charge in [0.25, 0.3) is 11.7 Å². The lowest BCUT2D eigenvalue weighted by atomic mass is 10.0. The number of benzene rings is 3. The molecule has 0 saturated heterocycles. The Labute approximate surface area is 310 Å². The number of furan rings is 1. The number of amides is 3. The number of aliphatic hydroxyl groups is 1. The average molecular weight is 763 g/mol. The van der Waals surface area contributed by atoms with E-state index in [1.165, 1.54) is 63.5 Å². The van der Waals surface area contributed by atoms with Crippen molar-refractivity contribution in [3.63, 3.8) is 0 Å². The number of carbonyl (C=O) groups is 5. The molecule has 54 heavy (non-hydrogen) atoms. The van der Waals surface area contributed by atoms with Crippen molar-refractivity contribution in [1.29, 1.82) is 0 Å². The highest BCUT2D eigenvalue weighted by Crippen LogP contribution is 2.48. The lowest BCUT2D eigenvalue weighted by molar-refractivity contribution is -0.151. The predicted octanol–water partition coefficient (Wildman–Crippen LogP) is 4.05. The van der Waals surface area contributed by atoms with Gasteiger partial charge in [0.05, 0.1) is 30.7 Å². The van der Waals surface area contributed by atoms with Gasteiger partial charge in [-0.2, -0.15) is 0 Å². The lowest BCUT2D eigenvalue weighted by Gasteiger charge is -2.27. The molecule has 3 aromatic carbocycles. The van der Waals surface area contributed by atoms with Gasteiger partial charge in [0.1, 0.15) is 29.5 Å². The van der Waals surface area contributed by atoms with Gasteiger partial charge in [0.15, 0.2) is 0 Å². The first kappa shape index (κ1) is 39.2. The molecule has 1 aliphatic rings. The summed E-state index contributed by atoms with van der Waals surface area (Å²) in [4.78, 5) is 64.1. The van der Waals surface area contributed by atoms with Gasteiger partial charge in [-0.25, -0.2) is 17.6 Å². The summed E-state index contributed by atoms with van der Waals surface area (Å²) >= 11 is 0. The molecular formula is C38H39FN4O10S. The zero-order chi connectivity index (χ0) is 39.3. The highest BCUT2D eigenvalue weighted by atomic mass is 32.2. The van der Waals surface area contributed by atoms with Gasteiger partial charge in [-0.1, -0.05) is 18.2 Å². The number of fused-ring (bicyclic) bond motifs is 1. The SMILES string of the molecule is CCOC(=O)C(=O)C=C(O)c1cccc(CNC(=O)CN(C)C(=O)CN(c2cc3oc(-c4ccc(F)cc4)c(C(=O)NC)c3cc2C2CC2)S(C)(=O)=O)c1. The van der Waals surface area contributed by atoms with Crippen LogP contribution in [0.1, 0.15) is 52.7 Å². The van der Waals surface area contributed by atoms with Crippen molar-refractivity contribution in [1.82, 2.24) is 15.5 Å². The van der Waals surface area contributed by atoms with Crippen LogP contribution in [0, 0.1) is 5.82 Å². The quantitative estimate of drug-likeness (QED) is 0.0689. The number of nitrogens with zero attached hydrogens (tertiary/aromatic N) is 2. The maximum atomic E-state index is 13.7. The van der Waals surface area contributed by atoms with E-state index in [4.69, 9.17) is 4.42 Å². The molecule has 0 bridgehead atoms. The van der Waals surface area contributed by atoms with Gasteiger partial charge in [-0.15, -0.1) is 0 Å². The minimum atomic E-state index is -4.08. The number of anilines is 1. The van der Waals surface area contributed by atoms with Crippen molar-refractivity contribution in [3.05, 3.63) is 94.8 Å². The Morgan fingerprint density at radius 3 is 2.37 bits per heavy atom. The molecule has 1 fully saturated rings. The van der Waals surface area contributed by atoms with Gasteiger partial charge in [-0.3, -0.25) is 23.5 Å². The Morgan fingerprint density at radius 1 is 1.04 bits per heavy atom. The molecule has 0 aliphatic heterocycles. The van der Waals surface area contributed by atoms with Crippen LogP contribution in [-0.2, 0) is 40.5 Å². The molecule has 1 heterocycles. The topological polar surface area (TPSA) is 193 Å². The number of sulfonamides is 1. The first-order chi connectivity index (χ1) is 25.6. The van der Waals surface area contributed by atoms with Crippen molar-refractivity contribution < 1.29 is 51.0 Å². The van der Waals surface area contributed by atoms with Crippen molar-refractivity contribution in [2.75, 3.05) is 44.4 Å². The molecule has 4 aromatic rings. The number of ether oxygens (including phenoxy) is 1. The number of carbonyl (C=O) groups excluding carboxylic acids is 5. The minimum Gasteiger partial charge on any atom is -0.507 e. The molecular weight excluding hydrogens is 724 g/mol. The Balaban J connectivity index is 1.33. The third-order valence-corrected chi connectivity index (χ3v) is 9.75. The molecule has 3 amide bonds. The summed E-state index contributed by atoms with van der Waals surface area (Å²) in [5.41, 5.74) is 2.35. The second kappa shape index (κ2) is 16.3. The lowest BCUT2D eigenvalue weighted by Crippen LogP contribution is -2.44. The molecule has 0 atom stereocenters. The van der Waals surface area contributed by atoms with E-state index in [0.29, 0.717) is 22.1 Å². The number of halogens is 1. The number of aliphatic hydroxyl groups excluding tert-OH is 1. The Hall–Kier alpha value is -6.03. The second-order valence-corrected chi connectivity index (χ2v) is 14.6. The van der Waals surface area contributed by atoms with E-state index in [9.17, 15) is 41.9 Å². The zero-order valence-electron chi connectivity index (χ0n) is 30.0. The molecule has 5 rings (SSSR count). The van der Waals surface area contributed by atoms with Gasteiger partial charge in [-0.05, 0) is 73.2 Å². The summed E-state index contributed by atoms with van der Waals surface area (Å²) in [6.45, 7) is 0.463. The van der Waals surface area contributed by atoms with E-state index in [1.54, 1.807) is 18.2 Å². The number of ketones is 1. The summed E-state index contributed by atoms with van der Waals surface area (Å²) < 4.78 is 52.0. The van der Waals surface area contributed by atoms with Crippen LogP contribution in [0.4, 0.5) is 10.1 Å². The van der Waals surface area contributed by atoms with Gasteiger partial charge >= 0.3 is 5.97 Å². The summed E-state index contributed by atoms with van der Waals surface area (Å²) in [5.74, 6) is -4.67. The van der Waals surface area contributed by atoms with Gasteiger partial charge < -0.3 is 29.8 Å². The van der Waals surface area contributed by atoms with Crippen molar-refractivity contribution in [3.8, 4) is 11.3 Å². The Bertz CT molecular complexity index is 2260. The summed E-state index contributed by atoms with van der Waals surface area (Å²) in [5, 5.41) is 16.0. The molecule has 0 spiro atoms. The molecule has 1 saturated carbocycles. The number of nitrogens with one attached hydrogen (secondary N) is 2. The van der Waals surface area contributed by atoms with Crippen LogP contribution in [0.3, 0.4) is 0 Å². The number of likely N-dealkylation sites (N-methyl/N-ethyl adjacent to an activating group) is 1. The minimum absolute atomic E-state index is 0.00159. The fourth-order valence-electron chi connectivity index (χ4n) is 5.74. The van der Waals surface area contributed by atoms with Gasteiger partial charge in [0.2, 0.25) is 21.8 Å². The van der Waals surface area contributed by atoms with E-state index < -0.39 is 64.2 Å². The van der Waals surface area contributed by atoms with E-state index in [-0.39, 0.29) is 47.2 Å². The highest BCUT2D eigenvalue weighted by Gasteiger charge is 2.34. The fourth-order valence-corrected chi connectivity index (χ4v) is 6.60. The van der Waals surface area contributed by atoms with Gasteiger partial charge in [0, 0.05) is 49.3 Å². The van der Waals surface area contributed by atoms with Crippen LogP contribution in [0.15, 0.2) is 71.2 Å². The normalized spacial score (nSPS) is 12.9. The summed E-state index contributed by atoms with van der Waals surface area (Å²) in [7, 11) is -1.26. The van der Waals surface area contributed by atoms with Crippen molar-refractivity contribution >= 4 is 61.9 Å². The van der Waals surface area contributed by atoms with Crippen molar-refractivity contribution in [2.24, 2.45) is 0 Å². The molecule has 3 N–H and O–H groups in total. The first-order valence-corrected chi connectivity index (χ1v) is 18.7. The molecule has 1 aliphatic carbocycles. The predicted molar refractivity (Wildman–Crippen MR) is 197 cm³/mol. The standard InChI is InChI=1S/C38H39FN4O10S/c1-5-52-38(49)31(45)18-30(44)25-8-6-7-22(15-25)19-41-33(46)20-42(3)34(47)21-43(54(4,50)51)29-17-32-28(16-27(29)23-9-10-23)35(37(48)40-2)36(53-32)24-11-13-26(39)14-12-24/h6-8,11-18,23,44H,5,9-10,19-21H2,1-4H3,(H,40,48)(H,41,46). The third-order valence-electron chi connectivity index (χ3n) is 8.63. The highest BCUT2D eigenvalue weighted by molar-refractivity contribution is 7.92. The Kier molecular flexibility index (Phi) is 11.8.